The largest absolute Gasteiger partial charge is 0.458 e. The van der Waals surface area contributed by atoms with Gasteiger partial charge in [-0.2, -0.15) is 0 Å². The van der Waals surface area contributed by atoms with Crippen LogP contribution in [0, 0.1) is 29.1 Å². The number of esters is 1. The number of aliphatic hydroxyl groups is 3. The van der Waals surface area contributed by atoms with Gasteiger partial charge in [-0.05, 0) is 38.2 Å². The van der Waals surface area contributed by atoms with Gasteiger partial charge < -0.3 is 30.1 Å². The normalized spacial score (nSPS) is 48.1. The van der Waals surface area contributed by atoms with Crippen molar-refractivity contribution in [1.82, 2.24) is 5.32 Å². The van der Waals surface area contributed by atoms with Crippen molar-refractivity contribution in [3.63, 3.8) is 0 Å². The van der Waals surface area contributed by atoms with Crippen LogP contribution in [0.3, 0.4) is 0 Å². The van der Waals surface area contributed by atoms with Crippen molar-refractivity contribution in [1.29, 1.82) is 0 Å². The molecule has 1 saturated carbocycles. The molecule has 4 N–H and O–H groups in total. The van der Waals surface area contributed by atoms with Gasteiger partial charge in [-0.1, -0.05) is 56.3 Å². The van der Waals surface area contributed by atoms with Gasteiger partial charge >= 0.3 is 5.97 Å². The Morgan fingerprint density at radius 3 is 2.46 bits per heavy atom. The quantitative estimate of drug-likeness (QED) is 0.255. The molecule has 1 spiro atoms. The Labute approximate surface area is 228 Å². The number of allylic oxidation sites excluding steroid dienone is 1. The Morgan fingerprint density at radius 1 is 1.15 bits per heavy atom. The molecular weight excluding hydrogens is 502 g/mol. The monoisotopic (exact) mass is 541 g/mol. The van der Waals surface area contributed by atoms with Gasteiger partial charge in [0.2, 0.25) is 5.91 Å². The minimum absolute atomic E-state index is 0.251. The highest BCUT2D eigenvalue weighted by Crippen LogP contribution is 2.62. The summed E-state index contributed by atoms with van der Waals surface area (Å²) >= 11 is 0. The minimum Gasteiger partial charge on any atom is -0.458 e. The number of Topliss-reactive ketones (excluding diaryl/α,β-unsaturated/α-hetero) is 1. The lowest BCUT2D eigenvalue weighted by molar-refractivity contribution is -0.224. The number of ether oxygens (including phenoxy) is 2. The van der Waals surface area contributed by atoms with E-state index in [1.54, 1.807) is 32.9 Å². The SMILES string of the molecule is CC(=O)O[C@@H]1[C@@H]2O[C@@H]2[C@@](C)(O)C(=O)[C@@H](C)C/C=C\[C@H]2[C@H](O)[C@](C)(O)[C@@H](C)[C@H]3[C@H](Cc4ccccc4)NC(=O)[C@@]312. The number of hydrogen-bond acceptors (Lipinski definition) is 8. The Morgan fingerprint density at radius 2 is 1.82 bits per heavy atom. The number of benzene rings is 1. The van der Waals surface area contributed by atoms with E-state index in [1.807, 2.05) is 30.3 Å². The highest BCUT2D eigenvalue weighted by atomic mass is 16.6. The molecule has 1 aromatic carbocycles. The number of nitrogens with one attached hydrogen (secondary N) is 1. The van der Waals surface area contributed by atoms with E-state index < -0.39 is 88.4 Å². The summed E-state index contributed by atoms with van der Waals surface area (Å²) < 4.78 is 11.8. The van der Waals surface area contributed by atoms with Crippen LogP contribution in [0.5, 0.6) is 0 Å². The molecule has 9 heteroatoms. The zero-order chi connectivity index (χ0) is 28.5. The van der Waals surface area contributed by atoms with Crippen molar-refractivity contribution >= 4 is 17.7 Å². The van der Waals surface area contributed by atoms with Crippen LogP contribution < -0.4 is 5.32 Å². The van der Waals surface area contributed by atoms with Gasteiger partial charge in [-0.3, -0.25) is 14.4 Å². The smallest absolute Gasteiger partial charge is 0.303 e. The maximum Gasteiger partial charge on any atom is 0.303 e. The lowest BCUT2D eigenvalue weighted by Gasteiger charge is -2.57. The Bertz CT molecular complexity index is 1180. The van der Waals surface area contributed by atoms with Crippen LogP contribution in [0.4, 0.5) is 0 Å². The molecule has 9 nitrogen and oxygen atoms in total. The molecule has 0 bridgehead atoms. The van der Waals surface area contributed by atoms with Crippen molar-refractivity contribution in [2.24, 2.45) is 29.1 Å². The first-order chi connectivity index (χ1) is 18.2. The van der Waals surface area contributed by atoms with Crippen LogP contribution in [-0.2, 0) is 30.3 Å². The Hall–Kier alpha value is -2.59. The number of hydrogen-bond donors (Lipinski definition) is 4. The summed E-state index contributed by atoms with van der Waals surface area (Å²) in [5.41, 5.74) is -4.00. The number of ketones is 1. The van der Waals surface area contributed by atoms with Crippen LogP contribution in [0.25, 0.3) is 0 Å². The number of aliphatic hydroxyl groups excluding tert-OH is 1. The second-order valence-electron chi connectivity index (χ2n) is 12.3. The van der Waals surface area contributed by atoms with E-state index in [4.69, 9.17) is 9.47 Å². The highest BCUT2D eigenvalue weighted by Gasteiger charge is 2.76. The van der Waals surface area contributed by atoms with Crippen molar-refractivity contribution < 1.29 is 39.2 Å². The first-order valence-electron chi connectivity index (χ1n) is 13.8. The molecular formula is C30H39NO8. The fourth-order valence-corrected chi connectivity index (χ4v) is 7.68. The molecule has 3 fully saturated rings. The van der Waals surface area contributed by atoms with Crippen LogP contribution in [0.15, 0.2) is 42.5 Å². The fraction of sp³-hybridized carbons (Fsp3) is 0.633. The third-order valence-electron chi connectivity index (χ3n) is 9.87. The first kappa shape index (κ1) is 28.0. The molecule has 12 atom stereocenters. The van der Waals surface area contributed by atoms with Crippen molar-refractivity contribution in [2.45, 2.75) is 89.1 Å². The summed E-state index contributed by atoms with van der Waals surface area (Å²) in [4.78, 5) is 40.1. The lowest BCUT2D eigenvalue weighted by Crippen LogP contribution is -2.69. The van der Waals surface area contributed by atoms with E-state index in [0.29, 0.717) is 6.42 Å². The van der Waals surface area contributed by atoms with Crippen LogP contribution in [-0.4, -0.2) is 74.6 Å². The van der Waals surface area contributed by atoms with Gasteiger partial charge in [-0.25, -0.2) is 0 Å². The summed E-state index contributed by atoms with van der Waals surface area (Å²) in [5, 5.41) is 37.8. The molecule has 0 radical (unpaired) electrons. The molecule has 5 rings (SSSR count). The predicted octanol–water partition coefficient (Wildman–Crippen LogP) is 1.32. The molecule has 1 amide bonds. The Balaban J connectivity index is 1.72. The third kappa shape index (κ3) is 4.17. The summed E-state index contributed by atoms with van der Waals surface area (Å²) in [7, 11) is 0. The third-order valence-corrected chi connectivity index (χ3v) is 9.87. The number of carbonyl (C=O) groups excluding carboxylic acids is 3. The van der Waals surface area contributed by atoms with E-state index in [1.165, 1.54) is 13.8 Å². The zero-order valence-electron chi connectivity index (χ0n) is 23.0. The molecule has 2 heterocycles. The van der Waals surface area contributed by atoms with Crippen molar-refractivity contribution in [3.8, 4) is 0 Å². The van der Waals surface area contributed by atoms with Crippen LogP contribution in [0.1, 0.15) is 46.6 Å². The van der Waals surface area contributed by atoms with Gasteiger partial charge in [0.15, 0.2) is 5.78 Å². The molecule has 1 aromatic rings. The number of epoxide rings is 1. The molecule has 2 aliphatic carbocycles. The summed E-state index contributed by atoms with van der Waals surface area (Å²) in [6, 6.07) is 9.19. The minimum atomic E-state index is -1.87. The standard InChI is InChI=1S/C30H39NO8/c1-15-10-9-13-19-24(34)28(4,36)16(2)21-20(14-18-11-7-6-8-12-18)31-27(35)30(19,21)26(38-17(3)32)22-25(39-22)29(5,37)23(15)33/h6-9,11-13,15-16,19-22,24-26,34,36-37H,10,14H2,1-5H3,(H,31,35)/b13-9-/t15-,16-,19-,20-,21-,22+,24-,25-,26+,28+,29-,30-/m0/s1. The van der Waals surface area contributed by atoms with Crippen molar-refractivity contribution in [3.05, 3.63) is 48.0 Å². The fourth-order valence-electron chi connectivity index (χ4n) is 7.68. The van der Waals surface area contributed by atoms with Gasteiger partial charge in [0.1, 0.15) is 29.3 Å². The zero-order valence-corrected chi connectivity index (χ0v) is 23.0. The maximum atomic E-state index is 14.3. The van der Waals surface area contributed by atoms with Gasteiger partial charge in [0.05, 0.1) is 11.7 Å². The summed E-state index contributed by atoms with van der Waals surface area (Å²) in [6.45, 7) is 7.70. The first-order valence-corrected chi connectivity index (χ1v) is 13.8. The lowest BCUT2D eigenvalue weighted by atomic mass is 9.48. The second kappa shape index (κ2) is 9.51. The second-order valence-corrected chi connectivity index (χ2v) is 12.3. The molecule has 2 aliphatic heterocycles. The van der Waals surface area contributed by atoms with Gasteiger partial charge in [0.25, 0.3) is 0 Å². The van der Waals surface area contributed by atoms with E-state index in [9.17, 15) is 29.7 Å². The molecule has 212 valence electrons. The van der Waals surface area contributed by atoms with E-state index in [2.05, 4.69) is 5.32 Å². The predicted molar refractivity (Wildman–Crippen MR) is 140 cm³/mol. The Kier molecular flexibility index (Phi) is 6.81. The molecule has 0 unspecified atom stereocenters. The number of carbonyl (C=O) groups is 3. The van der Waals surface area contributed by atoms with E-state index >= 15 is 0 Å². The van der Waals surface area contributed by atoms with Gasteiger partial charge in [0, 0.05) is 30.7 Å². The summed E-state index contributed by atoms with van der Waals surface area (Å²) in [5.74, 6) is -4.21. The number of amides is 1. The van der Waals surface area contributed by atoms with E-state index in [-0.39, 0.29) is 6.42 Å². The van der Waals surface area contributed by atoms with E-state index in [0.717, 1.165) is 5.56 Å². The number of rotatable bonds is 3. The molecule has 2 saturated heterocycles. The highest BCUT2D eigenvalue weighted by molar-refractivity contribution is 5.91. The molecule has 0 aromatic heterocycles. The van der Waals surface area contributed by atoms with Crippen molar-refractivity contribution in [2.75, 3.05) is 0 Å². The summed E-state index contributed by atoms with van der Waals surface area (Å²) in [6.07, 6.45) is -0.452. The topological polar surface area (TPSA) is 146 Å². The number of fused-ring (bicyclic) bond motifs is 1. The van der Waals surface area contributed by atoms with Crippen LogP contribution in [0.2, 0.25) is 0 Å². The maximum absolute atomic E-state index is 14.3. The van der Waals surface area contributed by atoms with Gasteiger partial charge in [-0.15, -0.1) is 0 Å². The molecule has 39 heavy (non-hydrogen) atoms. The van der Waals surface area contributed by atoms with Crippen LogP contribution >= 0.6 is 0 Å². The molecule has 4 aliphatic rings. The average Bonchev–Trinajstić information content (AvgIpc) is 3.63. The average molecular weight is 542 g/mol.